The predicted octanol–water partition coefficient (Wildman–Crippen LogP) is 3.89. The Hall–Kier alpha value is -3.39. The van der Waals surface area contributed by atoms with E-state index in [4.69, 9.17) is 4.74 Å². The number of hydrogen-bond acceptors (Lipinski definition) is 4. The van der Waals surface area contributed by atoms with Crippen LogP contribution in [0.5, 0.6) is 5.75 Å². The molecule has 3 rings (SSSR count). The van der Waals surface area contributed by atoms with Gasteiger partial charge in [0.15, 0.2) is 0 Å². The molecule has 144 valence electrons. The van der Waals surface area contributed by atoms with Crippen LogP contribution in [0.4, 0.5) is 15.8 Å². The molecule has 0 aliphatic carbocycles. The van der Waals surface area contributed by atoms with Gasteiger partial charge in [-0.25, -0.2) is 12.8 Å². The maximum Gasteiger partial charge on any atom is 0.261 e. The molecule has 1 amide bonds. The average molecular weight is 400 g/mol. The first kappa shape index (κ1) is 19.4. The summed E-state index contributed by atoms with van der Waals surface area (Å²) < 4.78 is 45.8. The first-order chi connectivity index (χ1) is 13.4. The number of anilines is 2. The quantitative estimate of drug-likeness (QED) is 0.658. The molecular formula is C20H17FN2O4S. The fourth-order valence-electron chi connectivity index (χ4n) is 2.44. The van der Waals surface area contributed by atoms with Crippen LogP contribution in [0.25, 0.3) is 0 Å². The van der Waals surface area contributed by atoms with E-state index in [9.17, 15) is 17.6 Å². The summed E-state index contributed by atoms with van der Waals surface area (Å²) in [4.78, 5) is 12.4. The Morgan fingerprint density at radius 3 is 2.11 bits per heavy atom. The summed E-state index contributed by atoms with van der Waals surface area (Å²) >= 11 is 0. The maximum absolute atomic E-state index is 13.0. The summed E-state index contributed by atoms with van der Waals surface area (Å²) in [5.74, 6) is -0.411. The van der Waals surface area contributed by atoms with Crippen molar-refractivity contribution < 1.29 is 22.3 Å². The van der Waals surface area contributed by atoms with Crippen LogP contribution in [0.1, 0.15) is 10.4 Å². The number of carbonyl (C=O) groups is 1. The molecule has 0 fully saturated rings. The van der Waals surface area contributed by atoms with Crippen molar-refractivity contribution >= 4 is 27.3 Å². The molecule has 0 unspecified atom stereocenters. The van der Waals surface area contributed by atoms with Crippen molar-refractivity contribution in [2.24, 2.45) is 0 Å². The number of sulfonamides is 1. The number of para-hydroxylation sites is 2. The van der Waals surface area contributed by atoms with Gasteiger partial charge in [-0.1, -0.05) is 12.1 Å². The molecule has 0 saturated carbocycles. The summed E-state index contributed by atoms with van der Waals surface area (Å²) in [5, 5.41) is 2.63. The van der Waals surface area contributed by atoms with Crippen molar-refractivity contribution in [3.05, 3.63) is 84.2 Å². The molecule has 3 aromatic rings. The number of halogens is 1. The van der Waals surface area contributed by atoms with Gasteiger partial charge in [0.25, 0.3) is 15.9 Å². The van der Waals surface area contributed by atoms with Gasteiger partial charge >= 0.3 is 0 Å². The lowest BCUT2D eigenvalue weighted by Gasteiger charge is -2.14. The fourth-order valence-corrected chi connectivity index (χ4v) is 3.52. The lowest BCUT2D eigenvalue weighted by atomic mass is 10.2. The van der Waals surface area contributed by atoms with Crippen LogP contribution in [0.15, 0.2) is 77.7 Å². The average Bonchev–Trinajstić information content (AvgIpc) is 2.70. The standard InChI is InChI=1S/C20H17FN2O4S/c1-27-16-10-12-17(13-11-16)28(25,26)23-19-5-3-2-4-18(19)22-20(24)14-6-8-15(21)9-7-14/h2-13,23H,1H3,(H,22,24). The highest BCUT2D eigenvalue weighted by molar-refractivity contribution is 7.92. The molecule has 0 atom stereocenters. The number of methoxy groups -OCH3 is 1. The number of ether oxygens (including phenoxy) is 1. The first-order valence-corrected chi connectivity index (χ1v) is 9.70. The van der Waals surface area contributed by atoms with Crippen LogP contribution in [0.2, 0.25) is 0 Å². The van der Waals surface area contributed by atoms with E-state index in [1.165, 1.54) is 61.7 Å². The molecule has 0 aliphatic heterocycles. The van der Waals surface area contributed by atoms with E-state index in [1.54, 1.807) is 18.2 Å². The molecule has 0 spiro atoms. The zero-order valence-corrected chi connectivity index (χ0v) is 15.7. The lowest BCUT2D eigenvalue weighted by molar-refractivity contribution is 0.102. The summed E-state index contributed by atoms with van der Waals surface area (Å²) in [6.07, 6.45) is 0. The van der Waals surface area contributed by atoms with Crippen LogP contribution in [0.3, 0.4) is 0 Å². The zero-order valence-electron chi connectivity index (χ0n) is 14.8. The third kappa shape index (κ3) is 4.47. The largest absolute Gasteiger partial charge is 0.497 e. The SMILES string of the molecule is COc1ccc(S(=O)(=O)Nc2ccccc2NC(=O)c2ccc(F)cc2)cc1. The van der Waals surface area contributed by atoms with E-state index < -0.39 is 21.7 Å². The van der Waals surface area contributed by atoms with Gasteiger partial charge in [-0.2, -0.15) is 0 Å². The van der Waals surface area contributed by atoms with Crippen LogP contribution < -0.4 is 14.8 Å². The highest BCUT2D eigenvalue weighted by Gasteiger charge is 2.17. The highest BCUT2D eigenvalue weighted by atomic mass is 32.2. The van der Waals surface area contributed by atoms with Crippen LogP contribution in [-0.2, 0) is 10.0 Å². The second-order valence-corrected chi connectivity index (χ2v) is 7.47. The van der Waals surface area contributed by atoms with Crippen LogP contribution in [0, 0.1) is 5.82 Å². The number of rotatable bonds is 6. The predicted molar refractivity (Wildman–Crippen MR) is 105 cm³/mol. The van der Waals surface area contributed by atoms with Crippen molar-refractivity contribution in [1.82, 2.24) is 0 Å². The summed E-state index contributed by atoms with van der Waals surface area (Å²) in [7, 11) is -2.39. The minimum Gasteiger partial charge on any atom is -0.497 e. The number of nitrogens with one attached hydrogen (secondary N) is 2. The molecule has 0 aliphatic rings. The van der Waals surface area contributed by atoms with Gasteiger partial charge in [0, 0.05) is 5.56 Å². The monoisotopic (exact) mass is 400 g/mol. The fraction of sp³-hybridized carbons (Fsp3) is 0.0500. The van der Waals surface area contributed by atoms with E-state index in [2.05, 4.69) is 10.0 Å². The van der Waals surface area contributed by atoms with E-state index in [0.29, 0.717) is 5.75 Å². The topological polar surface area (TPSA) is 84.5 Å². The molecule has 3 aromatic carbocycles. The third-order valence-corrected chi connectivity index (χ3v) is 5.28. The molecular weight excluding hydrogens is 383 g/mol. The second-order valence-electron chi connectivity index (χ2n) is 5.79. The van der Waals surface area contributed by atoms with Crippen molar-refractivity contribution in [2.45, 2.75) is 4.90 Å². The zero-order chi connectivity index (χ0) is 20.1. The molecule has 0 saturated heterocycles. The Morgan fingerprint density at radius 2 is 1.50 bits per heavy atom. The highest BCUT2D eigenvalue weighted by Crippen LogP contribution is 2.25. The second kappa shape index (κ2) is 8.10. The van der Waals surface area contributed by atoms with Crippen molar-refractivity contribution in [2.75, 3.05) is 17.1 Å². The van der Waals surface area contributed by atoms with Crippen molar-refractivity contribution in [1.29, 1.82) is 0 Å². The van der Waals surface area contributed by atoms with Gasteiger partial charge in [-0.3, -0.25) is 9.52 Å². The minimum atomic E-state index is -3.87. The lowest BCUT2D eigenvalue weighted by Crippen LogP contribution is -2.17. The van der Waals surface area contributed by atoms with Gasteiger partial charge < -0.3 is 10.1 Å². The van der Waals surface area contributed by atoms with E-state index in [0.717, 1.165) is 0 Å². The van der Waals surface area contributed by atoms with E-state index >= 15 is 0 Å². The number of benzene rings is 3. The number of amides is 1. The molecule has 28 heavy (non-hydrogen) atoms. The summed E-state index contributed by atoms with van der Waals surface area (Å²) in [6.45, 7) is 0. The summed E-state index contributed by atoms with van der Waals surface area (Å²) in [6, 6.07) is 17.3. The van der Waals surface area contributed by atoms with Crippen LogP contribution >= 0.6 is 0 Å². The maximum atomic E-state index is 13.0. The molecule has 8 heteroatoms. The number of carbonyl (C=O) groups excluding carboxylic acids is 1. The molecule has 0 bridgehead atoms. The Labute approximate surface area is 162 Å². The Bertz CT molecular complexity index is 1080. The van der Waals surface area contributed by atoms with Crippen LogP contribution in [-0.4, -0.2) is 21.4 Å². The Balaban J connectivity index is 1.83. The van der Waals surface area contributed by atoms with Gasteiger partial charge in [0.2, 0.25) is 0 Å². The Kier molecular flexibility index (Phi) is 5.60. The minimum absolute atomic E-state index is 0.0490. The van der Waals surface area contributed by atoms with Gasteiger partial charge in [0.05, 0.1) is 23.4 Å². The van der Waals surface area contributed by atoms with Gasteiger partial charge in [-0.05, 0) is 60.7 Å². The van der Waals surface area contributed by atoms with Gasteiger partial charge in [0.1, 0.15) is 11.6 Å². The molecule has 0 heterocycles. The smallest absolute Gasteiger partial charge is 0.261 e. The van der Waals surface area contributed by atoms with Crippen molar-refractivity contribution in [3.63, 3.8) is 0 Å². The van der Waals surface area contributed by atoms with E-state index in [1.807, 2.05) is 0 Å². The third-order valence-electron chi connectivity index (χ3n) is 3.90. The van der Waals surface area contributed by atoms with Crippen molar-refractivity contribution in [3.8, 4) is 5.75 Å². The normalized spacial score (nSPS) is 10.9. The molecule has 0 aromatic heterocycles. The first-order valence-electron chi connectivity index (χ1n) is 8.22. The molecule has 0 radical (unpaired) electrons. The van der Waals surface area contributed by atoms with E-state index in [-0.39, 0.29) is 21.8 Å². The number of hydrogen-bond donors (Lipinski definition) is 2. The van der Waals surface area contributed by atoms with Gasteiger partial charge in [-0.15, -0.1) is 0 Å². The molecule has 6 nitrogen and oxygen atoms in total. The molecule has 2 N–H and O–H groups in total. The Morgan fingerprint density at radius 1 is 0.893 bits per heavy atom. The summed E-state index contributed by atoms with van der Waals surface area (Å²) in [5.41, 5.74) is 0.719.